The van der Waals surface area contributed by atoms with Gasteiger partial charge in [-0.1, -0.05) is 37.3 Å². The predicted octanol–water partition coefficient (Wildman–Crippen LogP) is 3.96. The van der Waals surface area contributed by atoms with E-state index in [0.717, 1.165) is 12.0 Å². The molecular weight excluding hydrogens is 263 g/mol. The molecule has 1 aromatic carbocycles. The lowest BCUT2D eigenvalue weighted by Crippen LogP contribution is -2.10. The van der Waals surface area contributed by atoms with Crippen molar-refractivity contribution in [1.82, 2.24) is 0 Å². The number of benzene rings is 1. The van der Waals surface area contributed by atoms with Gasteiger partial charge in [0.05, 0.1) is 6.10 Å². The Morgan fingerprint density at radius 3 is 2.56 bits per heavy atom. The molecule has 1 rings (SSSR count). The molecule has 0 bridgehead atoms. The van der Waals surface area contributed by atoms with Gasteiger partial charge in [0.2, 0.25) is 0 Å². The van der Waals surface area contributed by atoms with Gasteiger partial charge in [-0.05, 0) is 23.8 Å². The summed E-state index contributed by atoms with van der Waals surface area (Å²) in [6.45, 7) is -0.245. The average molecular weight is 282 g/mol. The summed E-state index contributed by atoms with van der Waals surface area (Å²) in [6, 6.07) is 10.0. The third-order valence-electron chi connectivity index (χ3n) is 2.61. The van der Waals surface area contributed by atoms with Crippen molar-refractivity contribution in [2.24, 2.45) is 0 Å². The summed E-state index contributed by atoms with van der Waals surface area (Å²) in [5.74, 6) is 2.62. The van der Waals surface area contributed by atoms with Gasteiger partial charge in [-0.25, -0.2) is 0 Å². The van der Waals surface area contributed by atoms with Crippen LogP contribution in [0.25, 0.3) is 0 Å². The van der Waals surface area contributed by atoms with Crippen LogP contribution >= 0.6 is 6.49 Å². The van der Waals surface area contributed by atoms with Crippen LogP contribution in [0.4, 0.5) is 0 Å². The summed E-state index contributed by atoms with van der Waals surface area (Å²) < 4.78 is 11.4. The number of hydrogen-bond donors (Lipinski definition) is 0. The molecule has 4 heteroatoms. The highest BCUT2D eigenvalue weighted by atomic mass is 32.5. The zero-order chi connectivity index (χ0) is 13.4. The van der Waals surface area contributed by atoms with Crippen molar-refractivity contribution in [3.8, 4) is 12.3 Å². The van der Waals surface area contributed by atoms with Crippen LogP contribution in [-0.4, -0.2) is 13.2 Å². The van der Waals surface area contributed by atoms with E-state index in [-0.39, 0.29) is 6.10 Å². The standard InChI is InChI=1S/C14H19O2PS/c1-4-9-14(5-2)16-17(18,15-3)12-13-10-7-6-8-11-13/h1,6-8,10-11,14H,5,9,12H2,2-3H3. The Labute approximate surface area is 115 Å². The molecule has 1 aromatic rings. The van der Waals surface area contributed by atoms with Crippen LogP contribution in [0.5, 0.6) is 0 Å². The Balaban J connectivity index is 2.74. The van der Waals surface area contributed by atoms with Gasteiger partial charge in [-0.15, -0.1) is 12.3 Å². The zero-order valence-electron chi connectivity index (χ0n) is 10.8. The molecule has 0 saturated heterocycles. The van der Waals surface area contributed by atoms with E-state index in [1.54, 1.807) is 7.11 Å². The quantitative estimate of drug-likeness (QED) is 0.557. The fourth-order valence-electron chi connectivity index (χ4n) is 1.57. The molecule has 0 N–H and O–H groups in total. The molecule has 2 unspecified atom stereocenters. The van der Waals surface area contributed by atoms with Crippen LogP contribution in [0.1, 0.15) is 25.3 Å². The van der Waals surface area contributed by atoms with E-state index in [0.29, 0.717) is 12.6 Å². The molecule has 0 fully saturated rings. The van der Waals surface area contributed by atoms with Gasteiger partial charge in [0.15, 0.2) is 6.49 Å². The van der Waals surface area contributed by atoms with Crippen LogP contribution in [-0.2, 0) is 27.0 Å². The van der Waals surface area contributed by atoms with Gasteiger partial charge < -0.3 is 9.05 Å². The molecule has 18 heavy (non-hydrogen) atoms. The summed E-state index contributed by atoms with van der Waals surface area (Å²) in [6.07, 6.45) is 7.38. The molecular formula is C14H19O2PS. The number of terminal acetylenes is 1. The lowest BCUT2D eigenvalue weighted by molar-refractivity contribution is 0.189. The van der Waals surface area contributed by atoms with E-state index in [2.05, 4.69) is 5.92 Å². The second kappa shape index (κ2) is 7.71. The summed E-state index contributed by atoms with van der Waals surface area (Å²) in [7, 11) is 1.62. The van der Waals surface area contributed by atoms with Gasteiger partial charge in [0, 0.05) is 19.7 Å². The molecule has 0 amide bonds. The van der Waals surface area contributed by atoms with Gasteiger partial charge in [-0.3, -0.25) is 0 Å². The summed E-state index contributed by atoms with van der Waals surface area (Å²) in [5, 5.41) is 0. The van der Waals surface area contributed by atoms with Crippen LogP contribution in [0.2, 0.25) is 0 Å². The molecule has 2 atom stereocenters. The maximum absolute atomic E-state index is 5.94. The minimum absolute atomic E-state index is 0.00973. The van der Waals surface area contributed by atoms with E-state index >= 15 is 0 Å². The molecule has 0 aliphatic heterocycles. The molecule has 2 nitrogen and oxygen atoms in total. The highest BCUT2D eigenvalue weighted by Crippen LogP contribution is 2.52. The topological polar surface area (TPSA) is 18.5 Å². The molecule has 0 heterocycles. The third-order valence-corrected chi connectivity index (χ3v) is 5.63. The van der Waals surface area contributed by atoms with Crippen LogP contribution in [0.3, 0.4) is 0 Å². The van der Waals surface area contributed by atoms with Gasteiger partial charge >= 0.3 is 0 Å². The highest BCUT2D eigenvalue weighted by Gasteiger charge is 2.22. The van der Waals surface area contributed by atoms with Crippen LogP contribution in [0, 0.1) is 12.3 Å². The first-order valence-electron chi connectivity index (χ1n) is 5.94. The molecule has 0 aliphatic carbocycles. The second-order valence-electron chi connectivity index (χ2n) is 3.98. The highest BCUT2D eigenvalue weighted by molar-refractivity contribution is 8.09. The first kappa shape index (κ1) is 15.4. The lowest BCUT2D eigenvalue weighted by atomic mass is 10.2. The maximum atomic E-state index is 5.94. The minimum Gasteiger partial charge on any atom is -0.332 e. The predicted molar refractivity (Wildman–Crippen MR) is 80.1 cm³/mol. The molecule has 0 saturated carbocycles. The first-order valence-corrected chi connectivity index (χ1v) is 8.76. The molecule has 98 valence electrons. The minimum atomic E-state index is -2.29. The van der Waals surface area contributed by atoms with E-state index in [1.807, 2.05) is 37.3 Å². The van der Waals surface area contributed by atoms with Crippen molar-refractivity contribution in [2.75, 3.05) is 7.11 Å². The van der Waals surface area contributed by atoms with Crippen molar-refractivity contribution in [3.63, 3.8) is 0 Å². The fraction of sp³-hybridized carbons (Fsp3) is 0.429. The van der Waals surface area contributed by atoms with E-state index in [9.17, 15) is 0 Å². The van der Waals surface area contributed by atoms with Crippen LogP contribution in [0.15, 0.2) is 30.3 Å². The molecule has 0 radical (unpaired) electrons. The normalized spacial score (nSPS) is 15.6. The summed E-state index contributed by atoms with van der Waals surface area (Å²) in [4.78, 5) is 0. The monoisotopic (exact) mass is 282 g/mol. The Morgan fingerprint density at radius 1 is 1.39 bits per heavy atom. The van der Waals surface area contributed by atoms with Crippen molar-refractivity contribution in [2.45, 2.75) is 32.0 Å². The largest absolute Gasteiger partial charge is 0.332 e. The SMILES string of the molecule is C#CCC(CC)OP(=S)(Cc1ccccc1)OC. The molecule has 0 aromatic heterocycles. The van der Waals surface area contributed by atoms with Gasteiger partial charge in [0.1, 0.15) is 0 Å². The summed E-state index contributed by atoms with van der Waals surface area (Å²) >= 11 is 5.54. The maximum Gasteiger partial charge on any atom is 0.193 e. The Kier molecular flexibility index (Phi) is 6.60. The van der Waals surface area contributed by atoms with Crippen molar-refractivity contribution >= 4 is 18.3 Å². The van der Waals surface area contributed by atoms with Crippen LogP contribution < -0.4 is 0 Å². The number of rotatable bonds is 7. The van der Waals surface area contributed by atoms with Crippen molar-refractivity contribution in [1.29, 1.82) is 0 Å². The average Bonchev–Trinajstić information content (AvgIpc) is 2.39. The zero-order valence-corrected chi connectivity index (χ0v) is 12.5. The smallest absolute Gasteiger partial charge is 0.193 e. The Bertz CT molecular complexity index is 439. The fourth-order valence-corrected chi connectivity index (χ4v) is 4.00. The van der Waals surface area contributed by atoms with Crippen molar-refractivity contribution < 1.29 is 9.05 Å². The van der Waals surface area contributed by atoms with Gasteiger partial charge in [0.25, 0.3) is 0 Å². The number of hydrogen-bond acceptors (Lipinski definition) is 3. The third kappa shape index (κ3) is 4.92. The van der Waals surface area contributed by atoms with E-state index < -0.39 is 6.49 Å². The lowest BCUT2D eigenvalue weighted by Gasteiger charge is -2.25. The Morgan fingerprint density at radius 2 is 2.06 bits per heavy atom. The van der Waals surface area contributed by atoms with E-state index in [4.69, 9.17) is 27.3 Å². The first-order chi connectivity index (χ1) is 8.63. The molecule has 0 aliphatic rings. The second-order valence-corrected chi connectivity index (χ2v) is 7.76. The van der Waals surface area contributed by atoms with E-state index in [1.165, 1.54) is 0 Å². The van der Waals surface area contributed by atoms with Gasteiger partial charge in [-0.2, -0.15) is 0 Å². The molecule has 0 spiro atoms. The summed E-state index contributed by atoms with van der Waals surface area (Å²) in [5.41, 5.74) is 1.14. The van der Waals surface area contributed by atoms with Crippen molar-refractivity contribution in [3.05, 3.63) is 35.9 Å². The Hall–Kier alpha value is -0.650.